The minimum Gasteiger partial charge on any atom is -0.399 e. The normalized spacial score (nSPS) is 12.3. The summed E-state index contributed by atoms with van der Waals surface area (Å²) in [5.74, 6) is 0. The van der Waals surface area contributed by atoms with E-state index in [0.29, 0.717) is 0 Å². The lowest BCUT2D eigenvalue weighted by atomic mass is 10.2. The first-order chi connectivity index (χ1) is 9.54. The van der Waals surface area contributed by atoms with Crippen molar-refractivity contribution in [2.24, 2.45) is 0 Å². The van der Waals surface area contributed by atoms with Crippen LogP contribution in [0.5, 0.6) is 0 Å². The highest BCUT2D eigenvalue weighted by atomic mass is 15.1. The zero-order valence-corrected chi connectivity index (χ0v) is 13.3. The van der Waals surface area contributed by atoms with Gasteiger partial charge in [0, 0.05) is 25.7 Å². The van der Waals surface area contributed by atoms with E-state index in [4.69, 9.17) is 11.5 Å². The highest BCUT2D eigenvalue weighted by molar-refractivity contribution is 5.71. The van der Waals surface area contributed by atoms with Crippen LogP contribution >= 0.6 is 0 Å². The summed E-state index contributed by atoms with van der Waals surface area (Å²) in [6.45, 7) is 5.77. The zero-order chi connectivity index (χ0) is 15.0. The van der Waals surface area contributed by atoms with Gasteiger partial charge in [0.2, 0.25) is 0 Å². The predicted molar refractivity (Wildman–Crippen MR) is 89.3 cm³/mol. The van der Waals surface area contributed by atoms with Crippen LogP contribution in [0.2, 0.25) is 0 Å². The maximum atomic E-state index is 6.01. The molecule has 1 unspecified atom stereocenters. The molecule has 4 nitrogen and oxygen atoms in total. The van der Waals surface area contributed by atoms with Crippen LogP contribution in [0.25, 0.3) is 0 Å². The Balaban J connectivity index is 2.30. The molecule has 114 valence electrons. The number of anilines is 3. The number of rotatable bonds is 9. The number of nitrogens with two attached hydrogens (primary N) is 2. The Kier molecular flexibility index (Phi) is 7.23. The fourth-order valence-electron chi connectivity index (χ4n) is 2.46. The molecule has 0 saturated heterocycles. The van der Waals surface area contributed by atoms with Crippen molar-refractivity contribution in [3.63, 3.8) is 0 Å². The van der Waals surface area contributed by atoms with Crippen molar-refractivity contribution >= 4 is 17.1 Å². The summed E-state index contributed by atoms with van der Waals surface area (Å²) < 4.78 is 0. The molecule has 1 aromatic rings. The third-order valence-electron chi connectivity index (χ3n) is 3.77. The van der Waals surface area contributed by atoms with Crippen LogP contribution < -0.4 is 21.3 Å². The summed E-state index contributed by atoms with van der Waals surface area (Å²) in [5, 5.41) is 0. The molecule has 0 heterocycles. The fraction of sp³-hybridized carbons (Fsp3) is 0.625. The minimum absolute atomic E-state index is 0.722. The van der Waals surface area contributed by atoms with Crippen molar-refractivity contribution in [3.8, 4) is 0 Å². The molecule has 0 aromatic heterocycles. The van der Waals surface area contributed by atoms with E-state index >= 15 is 0 Å². The van der Waals surface area contributed by atoms with Gasteiger partial charge in [-0.3, -0.25) is 0 Å². The highest BCUT2D eigenvalue weighted by Gasteiger charge is 2.07. The van der Waals surface area contributed by atoms with Gasteiger partial charge < -0.3 is 21.3 Å². The van der Waals surface area contributed by atoms with Crippen LogP contribution in [0, 0.1) is 0 Å². The van der Waals surface area contributed by atoms with Gasteiger partial charge in [0.1, 0.15) is 0 Å². The molecule has 0 aliphatic rings. The number of nitrogens with zero attached hydrogens (tertiary/aromatic N) is 1. The maximum absolute atomic E-state index is 6.01. The maximum Gasteiger partial charge on any atom is 0.0786 e. The first-order valence-corrected chi connectivity index (χ1v) is 7.72. The Morgan fingerprint density at radius 3 is 2.45 bits per heavy atom. The fourth-order valence-corrected chi connectivity index (χ4v) is 2.46. The Morgan fingerprint density at radius 2 is 1.80 bits per heavy atom. The summed E-state index contributed by atoms with van der Waals surface area (Å²) in [6, 6.07) is 5.74. The highest BCUT2D eigenvalue weighted by Crippen LogP contribution is 2.24. The van der Waals surface area contributed by atoms with Crippen molar-refractivity contribution in [2.75, 3.05) is 50.1 Å². The molecule has 0 spiro atoms. The van der Waals surface area contributed by atoms with E-state index in [0.717, 1.165) is 23.6 Å². The predicted octanol–water partition coefficient (Wildman–Crippen LogP) is 1.38. The molecule has 0 aliphatic heterocycles. The standard InChI is InChI=1S/C16H30N4/c1-4-5-6-10-19(2)11-7-12-20(3)16-9-8-14(17)13-15(16)18/h8-9,13H,4-7,10-12,17-18H2,1-3H3/p+1. The van der Waals surface area contributed by atoms with Gasteiger partial charge in [-0.2, -0.15) is 0 Å². The largest absolute Gasteiger partial charge is 0.399 e. The number of benzene rings is 1. The van der Waals surface area contributed by atoms with Gasteiger partial charge in [0.05, 0.1) is 31.5 Å². The molecule has 5 N–H and O–H groups in total. The molecule has 4 heteroatoms. The Labute approximate surface area is 123 Å². The molecule has 0 fully saturated rings. The van der Waals surface area contributed by atoms with Gasteiger partial charge in [0.15, 0.2) is 0 Å². The second-order valence-corrected chi connectivity index (χ2v) is 5.76. The number of hydrogen-bond acceptors (Lipinski definition) is 3. The quantitative estimate of drug-likeness (QED) is 0.473. The van der Waals surface area contributed by atoms with Crippen LogP contribution in [0.1, 0.15) is 32.6 Å². The van der Waals surface area contributed by atoms with Crippen molar-refractivity contribution in [1.82, 2.24) is 0 Å². The number of quaternary nitrogens is 1. The topological polar surface area (TPSA) is 59.7 Å². The molecule has 1 atom stereocenters. The number of nitrogens with one attached hydrogen (secondary N) is 1. The van der Waals surface area contributed by atoms with Crippen molar-refractivity contribution in [2.45, 2.75) is 32.6 Å². The lowest BCUT2D eigenvalue weighted by Crippen LogP contribution is -3.09. The van der Waals surface area contributed by atoms with Gasteiger partial charge in [0.25, 0.3) is 0 Å². The summed E-state index contributed by atoms with van der Waals surface area (Å²) in [4.78, 5) is 3.84. The molecular formula is C16H31N4+. The van der Waals surface area contributed by atoms with Crippen molar-refractivity contribution in [3.05, 3.63) is 18.2 Å². The van der Waals surface area contributed by atoms with Crippen LogP contribution in [0.4, 0.5) is 17.1 Å². The lowest BCUT2D eigenvalue weighted by Gasteiger charge is -2.22. The van der Waals surface area contributed by atoms with Gasteiger partial charge in [-0.1, -0.05) is 13.3 Å². The first-order valence-electron chi connectivity index (χ1n) is 7.72. The smallest absolute Gasteiger partial charge is 0.0786 e. The average Bonchev–Trinajstić information content (AvgIpc) is 2.38. The summed E-state index contributed by atoms with van der Waals surface area (Å²) in [6.07, 6.45) is 5.16. The third kappa shape index (κ3) is 5.70. The summed E-state index contributed by atoms with van der Waals surface area (Å²) in [7, 11) is 4.38. The molecule has 0 radical (unpaired) electrons. The molecular weight excluding hydrogens is 248 g/mol. The van der Waals surface area contributed by atoms with Crippen molar-refractivity contribution in [1.29, 1.82) is 0 Å². The van der Waals surface area contributed by atoms with Gasteiger partial charge in [-0.15, -0.1) is 0 Å². The van der Waals surface area contributed by atoms with Gasteiger partial charge in [-0.25, -0.2) is 0 Å². The number of unbranched alkanes of at least 4 members (excludes halogenated alkanes) is 2. The Hall–Kier alpha value is -1.42. The number of hydrogen-bond donors (Lipinski definition) is 3. The lowest BCUT2D eigenvalue weighted by molar-refractivity contribution is -0.879. The molecule has 1 aromatic carbocycles. The van der Waals surface area contributed by atoms with Crippen LogP contribution in [0.3, 0.4) is 0 Å². The summed E-state index contributed by atoms with van der Waals surface area (Å²) >= 11 is 0. The molecule has 0 aliphatic carbocycles. The summed E-state index contributed by atoms with van der Waals surface area (Å²) in [5.41, 5.74) is 14.3. The molecule has 0 bridgehead atoms. The van der Waals surface area contributed by atoms with Crippen LogP contribution in [-0.2, 0) is 0 Å². The van der Waals surface area contributed by atoms with E-state index in [9.17, 15) is 0 Å². The van der Waals surface area contributed by atoms with Crippen LogP contribution in [-0.4, -0.2) is 33.7 Å². The van der Waals surface area contributed by atoms with E-state index in [-0.39, 0.29) is 0 Å². The molecule has 1 rings (SSSR count). The van der Waals surface area contributed by atoms with Gasteiger partial charge >= 0.3 is 0 Å². The SMILES string of the molecule is CCCCC[NH+](C)CCCN(C)c1ccc(N)cc1N. The van der Waals surface area contributed by atoms with E-state index in [1.807, 2.05) is 18.2 Å². The van der Waals surface area contributed by atoms with Gasteiger partial charge in [-0.05, 0) is 31.0 Å². The van der Waals surface area contributed by atoms with E-state index in [1.54, 1.807) is 4.90 Å². The molecule has 0 amide bonds. The second kappa shape index (κ2) is 8.69. The molecule has 0 saturated carbocycles. The Morgan fingerprint density at radius 1 is 1.10 bits per heavy atom. The van der Waals surface area contributed by atoms with Crippen LogP contribution in [0.15, 0.2) is 18.2 Å². The van der Waals surface area contributed by atoms with E-state index in [2.05, 4.69) is 25.9 Å². The monoisotopic (exact) mass is 279 g/mol. The number of nitrogen functional groups attached to an aromatic ring is 2. The second-order valence-electron chi connectivity index (χ2n) is 5.76. The zero-order valence-electron chi connectivity index (χ0n) is 13.3. The van der Waals surface area contributed by atoms with E-state index in [1.165, 1.54) is 38.8 Å². The first kappa shape index (κ1) is 16.6. The minimum atomic E-state index is 0.722. The average molecular weight is 279 g/mol. The van der Waals surface area contributed by atoms with Crippen molar-refractivity contribution < 1.29 is 4.90 Å². The third-order valence-corrected chi connectivity index (χ3v) is 3.77. The Bertz CT molecular complexity index is 392. The van der Waals surface area contributed by atoms with E-state index < -0.39 is 0 Å². The molecule has 20 heavy (non-hydrogen) atoms.